The third-order valence-electron chi connectivity index (χ3n) is 3.36. The molecule has 1 aromatic heterocycles. The predicted molar refractivity (Wildman–Crippen MR) is 94.2 cm³/mol. The van der Waals surface area contributed by atoms with Crippen molar-refractivity contribution in [2.24, 2.45) is 0 Å². The molecule has 0 saturated carbocycles. The van der Waals surface area contributed by atoms with Crippen molar-refractivity contribution >= 4 is 6.08 Å². The van der Waals surface area contributed by atoms with Crippen molar-refractivity contribution in [2.45, 2.75) is 32.6 Å². The van der Waals surface area contributed by atoms with E-state index < -0.39 is 0 Å². The number of allylic oxidation sites excluding steroid dienone is 1. The zero-order valence-corrected chi connectivity index (χ0v) is 13.7. The molecular weight excluding hydrogens is 284 g/mol. The molecule has 0 aliphatic carbocycles. The van der Waals surface area contributed by atoms with Crippen LogP contribution in [0.3, 0.4) is 0 Å². The van der Waals surface area contributed by atoms with Gasteiger partial charge in [0.05, 0.1) is 25.2 Å². The third-order valence-corrected chi connectivity index (χ3v) is 3.36. The van der Waals surface area contributed by atoms with Crippen LogP contribution in [0.5, 0.6) is 5.75 Å². The molecule has 0 aliphatic heterocycles. The summed E-state index contributed by atoms with van der Waals surface area (Å²) in [5.41, 5.74) is 2.47. The van der Waals surface area contributed by atoms with Gasteiger partial charge in [0.25, 0.3) is 0 Å². The van der Waals surface area contributed by atoms with Gasteiger partial charge < -0.3 is 4.74 Å². The molecule has 0 radical (unpaired) electrons. The molecule has 1 aromatic carbocycles. The summed E-state index contributed by atoms with van der Waals surface area (Å²) in [5.74, 6) is 6.92. The fraction of sp³-hybridized carbons (Fsp3) is 0.300. The zero-order valence-electron chi connectivity index (χ0n) is 13.7. The Kier molecular flexibility index (Phi) is 6.87. The second kappa shape index (κ2) is 9.42. The van der Waals surface area contributed by atoms with Crippen molar-refractivity contribution < 1.29 is 4.74 Å². The SMILES string of the molecule is CCCCC/C=C/c1cnc(C#Cc2ccc(OC)cc2)cn1. The van der Waals surface area contributed by atoms with Crippen LogP contribution >= 0.6 is 0 Å². The Morgan fingerprint density at radius 1 is 1.04 bits per heavy atom. The molecule has 3 heteroatoms. The third kappa shape index (κ3) is 5.96. The van der Waals surface area contributed by atoms with Gasteiger partial charge in [-0.1, -0.05) is 31.8 Å². The molecule has 0 saturated heterocycles. The molecule has 118 valence electrons. The molecule has 0 N–H and O–H groups in total. The van der Waals surface area contributed by atoms with E-state index in [0.29, 0.717) is 5.69 Å². The number of methoxy groups -OCH3 is 1. The van der Waals surface area contributed by atoms with Crippen LogP contribution < -0.4 is 4.74 Å². The highest BCUT2D eigenvalue weighted by Gasteiger charge is 1.93. The molecule has 1 heterocycles. The highest BCUT2D eigenvalue weighted by molar-refractivity contribution is 5.45. The van der Waals surface area contributed by atoms with Crippen LogP contribution in [0.2, 0.25) is 0 Å². The van der Waals surface area contributed by atoms with Crippen molar-refractivity contribution in [3.63, 3.8) is 0 Å². The summed E-state index contributed by atoms with van der Waals surface area (Å²) in [6.07, 6.45) is 12.5. The van der Waals surface area contributed by atoms with Crippen molar-refractivity contribution in [3.8, 4) is 17.6 Å². The molecular formula is C20H22N2O. The Morgan fingerprint density at radius 3 is 2.52 bits per heavy atom. The zero-order chi connectivity index (χ0) is 16.3. The van der Waals surface area contributed by atoms with E-state index in [1.54, 1.807) is 19.5 Å². The maximum atomic E-state index is 5.12. The Hall–Kier alpha value is -2.60. The second-order valence-corrected chi connectivity index (χ2v) is 5.20. The monoisotopic (exact) mass is 306 g/mol. The van der Waals surface area contributed by atoms with Crippen LogP contribution in [-0.2, 0) is 0 Å². The fourth-order valence-electron chi connectivity index (χ4n) is 2.02. The average molecular weight is 306 g/mol. The number of unbranched alkanes of at least 4 members (excludes halogenated alkanes) is 3. The molecule has 0 amide bonds. The smallest absolute Gasteiger partial charge is 0.131 e. The van der Waals surface area contributed by atoms with Gasteiger partial charge in [0, 0.05) is 5.56 Å². The van der Waals surface area contributed by atoms with Gasteiger partial charge in [-0.05, 0) is 49.1 Å². The van der Waals surface area contributed by atoms with Crippen molar-refractivity contribution in [1.29, 1.82) is 0 Å². The summed E-state index contributed by atoms with van der Waals surface area (Å²) < 4.78 is 5.12. The quantitative estimate of drug-likeness (QED) is 0.583. The maximum absolute atomic E-state index is 5.12. The lowest BCUT2D eigenvalue weighted by atomic mass is 10.2. The standard InChI is InChI=1S/C20H22N2O/c1-3-4-5-6-7-8-18-15-22-19(16-21-18)12-9-17-10-13-20(23-2)14-11-17/h7-8,10-11,13-16H,3-6H2,1-2H3/b8-7+. The molecule has 2 rings (SSSR count). The fourth-order valence-corrected chi connectivity index (χ4v) is 2.02. The van der Waals surface area contributed by atoms with Crippen LogP contribution in [0.15, 0.2) is 42.7 Å². The first-order valence-corrected chi connectivity index (χ1v) is 7.96. The van der Waals surface area contributed by atoms with E-state index in [0.717, 1.165) is 23.4 Å². The van der Waals surface area contributed by atoms with Gasteiger partial charge in [-0.25, -0.2) is 4.98 Å². The van der Waals surface area contributed by atoms with Crippen LogP contribution in [-0.4, -0.2) is 17.1 Å². The minimum absolute atomic E-state index is 0.670. The molecule has 0 unspecified atom stereocenters. The minimum Gasteiger partial charge on any atom is -0.497 e. The highest BCUT2D eigenvalue weighted by Crippen LogP contribution is 2.10. The number of hydrogen-bond acceptors (Lipinski definition) is 3. The largest absolute Gasteiger partial charge is 0.497 e. The lowest BCUT2D eigenvalue weighted by molar-refractivity contribution is 0.415. The van der Waals surface area contributed by atoms with Gasteiger partial charge >= 0.3 is 0 Å². The number of aromatic nitrogens is 2. The van der Waals surface area contributed by atoms with Crippen LogP contribution in [0, 0.1) is 11.8 Å². The Balaban J connectivity index is 1.93. The molecule has 0 fully saturated rings. The normalized spacial score (nSPS) is 10.3. The van der Waals surface area contributed by atoms with E-state index in [-0.39, 0.29) is 0 Å². The second-order valence-electron chi connectivity index (χ2n) is 5.20. The Morgan fingerprint density at radius 2 is 1.87 bits per heavy atom. The molecule has 2 aromatic rings. The molecule has 23 heavy (non-hydrogen) atoms. The van der Waals surface area contributed by atoms with Gasteiger partial charge in [0.1, 0.15) is 11.4 Å². The highest BCUT2D eigenvalue weighted by atomic mass is 16.5. The summed E-state index contributed by atoms with van der Waals surface area (Å²) in [4.78, 5) is 8.69. The molecule has 0 spiro atoms. The summed E-state index contributed by atoms with van der Waals surface area (Å²) in [6.45, 7) is 2.21. The lowest BCUT2D eigenvalue weighted by Gasteiger charge is -1.97. The van der Waals surface area contributed by atoms with Crippen molar-refractivity contribution in [3.05, 3.63) is 59.7 Å². The molecule has 0 aliphatic rings. The Labute approximate surface area is 138 Å². The van der Waals surface area contributed by atoms with E-state index in [4.69, 9.17) is 4.74 Å². The molecule has 0 bridgehead atoms. The van der Waals surface area contributed by atoms with Crippen LogP contribution in [0.1, 0.15) is 49.6 Å². The van der Waals surface area contributed by atoms with E-state index >= 15 is 0 Å². The van der Waals surface area contributed by atoms with Gasteiger partial charge in [-0.15, -0.1) is 0 Å². The van der Waals surface area contributed by atoms with E-state index in [2.05, 4.69) is 34.8 Å². The summed E-state index contributed by atoms with van der Waals surface area (Å²) >= 11 is 0. The van der Waals surface area contributed by atoms with Crippen molar-refractivity contribution in [2.75, 3.05) is 7.11 Å². The van der Waals surface area contributed by atoms with Gasteiger partial charge in [0.15, 0.2) is 0 Å². The summed E-state index contributed by atoms with van der Waals surface area (Å²) in [5, 5.41) is 0. The van der Waals surface area contributed by atoms with Gasteiger partial charge in [-0.3, -0.25) is 4.98 Å². The molecule has 3 nitrogen and oxygen atoms in total. The number of rotatable bonds is 6. The minimum atomic E-state index is 0.670. The first kappa shape index (κ1) is 16.8. The van der Waals surface area contributed by atoms with E-state index in [1.807, 2.05) is 30.3 Å². The summed E-state index contributed by atoms with van der Waals surface area (Å²) in [6, 6.07) is 7.63. The summed E-state index contributed by atoms with van der Waals surface area (Å²) in [7, 11) is 1.65. The first-order valence-electron chi connectivity index (χ1n) is 7.96. The number of hydrogen-bond donors (Lipinski definition) is 0. The van der Waals surface area contributed by atoms with Crippen LogP contribution in [0.4, 0.5) is 0 Å². The predicted octanol–water partition coefficient (Wildman–Crippen LogP) is 4.48. The maximum Gasteiger partial charge on any atom is 0.131 e. The average Bonchev–Trinajstić information content (AvgIpc) is 2.61. The number of benzene rings is 1. The number of ether oxygens (including phenoxy) is 1. The topological polar surface area (TPSA) is 35.0 Å². The van der Waals surface area contributed by atoms with Gasteiger partial charge in [-0.2, -0.15) is 0 Å². The first-order chi connectivity index (χ1) is 11.3. The van der Waals surface area contributed by atoms with E-state index in [1.165, 1.54) is 19.3 Å². The molecule has 0 atom stereocenters. The lowest BCUT2D eigenvalue weighted by Crippen LogP contribution is -1.88. The van der Waals surface area contributed by atoms with E-state index in [9.17, 15) is 0 Å². The Bertz CT molecular complexity index is 676. The van der Waals surface area contributed by atoms with Crippen LogP contribution in [0.25, 0.3) is 6.08 Å². The van der Waals surface area contributed by atoms with Gasteiger partial charge in [0.2, 0.25) is 0 Å². The van der Waals surface area contributed by atoms with Crippen molar-refractivity contribution in [1.82, 2.24) is 9.97 Å². The number of nitrogens with zero attached hydrogens (tertiary/aromatic N) is 2.